The largest absolute Gasteiger partial charge is 0.392 e. The Labute approximate surface area is 97.7 Å². The SMILES string of the molecule is Cc1ccc([C@H](C)N[C@@H]2CCC[C@H]2O)cc1. The quantitative estimate of drug-likeness (QED) is 0.819. The van der Waals surface area contributed by atoms with Gasteiger partial charge in [-0.25, -0.2) is 0 Å². The van der Waals surface area contributed by atoms with Crippen molar-refractivity contribution >= 4 is 0 Å². The number of aliphatic hydroxyl groups is 1. The van der Waals surface area contributed by atoms with Crippen LogP contribution in [0.4, 0.5) is 0 Å². The van der Waals surface area contributed by atoms with Gasteiger partial charge in [0.05, 0.1) is 6.10 Å². The van der Waals surface area contributed by atoms with Gasteiger partial charge in [-0.2, -0.15) is 0 Å². The lowest BCUT2D eigenvalue weighted by Gasteiger charge is -2.22. The molecule has 0 spiro atoms. The first kappa shape index (κ1) is 11.6. The van der Waals surface area contributed by atoms with E-state index in [0.717, 1.165) is 19.3 Å². The van der Waals surface area contributed by atoms with Crippen LogP contribution in [-0.4, -0.2) is 17.3 Å². The minimum absolute atomic E-state index is 0.159. The summed E-state index contributed by atoms with van der Waals surface area (Å²) in [6.07, 6.45) is 3.02. The number of rotatable bonds is 3. The average molecular weight is 219 g/mol. The molecule has 1 aromatic carbocycles. The molecule has 16 heavy (non-hydrogen) atoms. The van der Waals surface area contributed by atoms with Crippen LogP contribution >= 0.6 is 0 Å². The van der Waals surface area contributed by atoms with Gasteiger partial charge in [-0.3, -0.25) is 0 Å². The zero-order valence-electron chi connectivity index (χ0n) is 10.1. The molecule has 0 aliphatic heterocycles. The van der Waals surface area contributed by atoms with Crippen molar-refractivity contribution in [2.75, 3.05) is 0 Å². The number of nitrogens with one attached hydrogen (secondary N) is 1. The zero-order valence-corrected chi connectivity index (χ0v) is 10.1. The van der Waals surface area contributed by atoms with E-state index in [1.807, 2.05) is 0 Å². The van der Waals surface area contributed by atoms with Crippen LogP contribution in [0.5, 0.6) is 0 Å². The van der Waals surface area contributed by atoms with Gasteiger partial charge in [0, 0.05) is 12.1 Å². The fourth-order valence-corrected chi connectivity index (χ4v) is 2.41. The molecule has 0 unspecified atom stereocenters. The highest BCUT2D eigenvalue weighted by atomic mass is 16.3. The molecule has 0 saturated heterocycles. The van der Waals surface area contributed by atoms with Crippen molar-refractivity contribution in [3.05, 3.63) is 35.4 Å². The molecule has 3 atom stereocenters. The Hall–Kier alpha value is -0.860. The van der Waals surface area contributed by atoms with Crippen LogP contribution in [0.25, 0.3) is 0 Å². The Morgan fingerprint density at radius 2 is 1.94 bits per heavy atom. The number of benzene rings is 1. The summed E-state index contributed by atoms with van der Waals surface area (Å²) < 4.78 is 0. The molecule has 0 bridgehead atoms. The lowest BCUT2D eigenvalue weighted by molar-refractivity contribution is 0.144. The molecule has 2 heteroatoms. The summed E-state index contributed by atoms with van der Waals surface area (Å²) in [5.74, 6) is 0. The molecule has 0 heterocycles. The lowest BCUT2D eigenvalue weighted by Crippen LogP contribution is -2.37. The fraction of sp³-hybridized carbons (Fsp3) is 0.571. The second kappa shape index (κ2) is 4.98. The predicted molar refractivity (Wildman–Crippen MR) is 66.4 cm³/mol. The first-order chi connectivity index (χ1) is 7.66. The molecule has 2 nitrogen and oxygen atoms in total. The summed E-state index contributed by atoms with van der Waals surface area (Å²) in [5.41, 5.74) is 2.58. The molecule has 0 radical (unpaired) electrons. The minimum Gasteiger partial charge on any atom is -0.392 e. The van der Waals surface area contributed by atoms with Gasteiger partial charge in [-0.1, -0.05) is 29.8 Å². The van der Waals surface area contributed by atoms with E-state index < -0.39 is 0 Å². The van der Waals surface area contributed by atoms with Crippen LogP contribution in [0.1, 0.15) is 43.4 Å². The Balaban J connectivity index is 1.97. The van der Waals surface area contributed by atoms with Crippen molar-refractivity contribution in [3.63, 3.8) is 0 Å². The maximum atomic E-state index is 9.77. The van der Waals surface area contributed by atoms with Gasteiger partial charge < -0.3 is 10.4 Å². The molecule has 2 rings (SSSR count). The van der Waals surface area contributed by atoms with E-state index in [-0.39, 0.29) is 12.1 Å². The normalized spacial score (nSPS) is 26.9. The van der Waals surface area contributed by atoms with Gasteiger partial charge in [-0.05, 0) is 38.7 Å². The van der Waals surface area contributed by atoms with Gasteiger partial charge in [0.15, 0.2) is 0 Å². The van der Waals surface area contributed by atoms with E-state index in [0.29, 0.717) is 6.04 Å². The zero-order chi connectivity index (χ0) is 11.5. The molecule has 0 amide bonds. The van der Waals surface area contributed by atoms with Crippen molar-refractivity contribution in [1.29, 1.82) is 0 Å². The van der Waals surface area contributed by atoms with Crippen molar-refractivity contribution in [2.45, 2.75) is 51.3 Å². The van der Waals surface area contributed by atoms with Crippen molar-refractivity contribution in [1.82, 2.24) is 5.32 Å². The standard InChI is InChI=1S/C14H21NO/c1-10-6-8-12(9-7-10)11(2)15-13-4-3-5-14(13)16/h6-9,11,13-16H,3-5H2,1-2H3/t11-,13+,14+/m0/s1. The molecule has 1 fully saturated rings. The molecule has 1 aromatic rings. The number of hydrogen-bond donors (Lipinski definition) is 2. The van der Waals surface area contributed by atoms with Crippen LogP contribution in [0.3, 0.4) is 0 Å². The van der Waals surface area contributed by atoms with Gasteiger partial charge in [-0.15, -0.1) is 0 Å². The van der Waals surface area contributed by atoms with Gasteiger partial charge in [0.25, 0.3) is 0 Å². The van der Waals surface area contributed by atoms with Crippen LogP contribution in [0, 0.1) is 6.92 Å². The van der Waals surface area contributed by atoms with Crippen molar-refractivity contribution in [2.24, 2.45) is 0 Å². The van der Waals surface area contributed by atoms with Crippen molar-refractivity contribution < 1.29 is 5.11 Å². The number of hydrogen-bond acceptors (Lipinski definition) is 2. The van der Waals surface area contributed by atoms with E-state index >= 15 is 0 Å². The Bertz CT molecular complexity index is 333. The first-order valence-corrected chi connectivity index (χ1v) is 6.17. The average Bonchev–Trinajstić information content (AvgIpc) is 2.65. The molecule has 1 aliphatic rings. The maximum Gasteiger partial charge on any atom is 0.0693 e. The minimum atomic E-state index is -0.159. The highest BCUT2D eigenvalue weighted by molar-refractivity contribution is 5.23. The maximum absolute atomic E-state index is 9.77. The van der Waals surface area contributed by atoms with Gasteiger partial charge in [0.2, 0.25) is 0 Å². The van der Waals surface area contributed by atoms with Crippen LogP contribution in [0.2, 0.25) is 0 Å². The van der Waals surface area contributed by atoms with E-state index in [1.54, 1.807) is 0 Å². The molecular formula is C14H21NO. The van der Waals surface area contributed by atoms with E-state index in [1.165, 1.54) is 11.1 Å². The molecule has 1 saturated carbocycles. The van der Waals surface area contributed by atoms with E-state index in [2.05, 4.69) is 43.4 Å². The van der Waals surface area contributed by atoms with Gasteiger partial charge in [0.1, 0.15) is 0 Å². The highest BCUT2D eigenvalue weighted by Gasteiger charge is 2.26. The topological polar surface area (TPSA) is 32.3 Å². The smallest absolute Gasteiger partial charge is 0.0693 e. The third-order valence-electron chi connectivity index (χ3n) is 3.52. The summed E-state index contributed by atoms with van der Waals surface area (Å²) in [4.78, 5) is 0. The molecule has 2 N–H and O–H groups in total. The summed E-state index contributed by atoms with van der Waals surface area (Å²) in [7, 11) is 0. The van der Waals surface area contributed by atoms with Crippen molar-refractivity contribution in [3.8, 4) is 0 Å². The third-order valence-corrected chi connectivity index (χ3v) is 3.52. The Morgan fingerprint density at radius 3 is 2.50 bits per heavy atom. The second-order valence-corrected chi connectivity index (χ2v) is 4.90. The van der Waals surface area contributed by atoms with E-state index in [4.69, 9.17) is 0 Å². The monoisotopic (exact) mass is 219 g/mol. The molecule has 0 aromatic heterocycles. The van der Waals surface area contributed by atoms with Crippen LogP contribution in [0.15, 0.2) is 24.3 Å². The predicted octanol–water partition coefficient (Wildman–Crippen LogP) is 2.56. The Morgan fingerprint density at radius 1 is 1.25 bits per heavy atom. The summed E-state index contributed by atoms with van der Waals surface area (Å²) in [6, 6.07) is 9.19. The van der Waals surface area contributed by atoms with Crippen LogP contribution in [-0.2, 0) is 0 Å². The van der Waals surface area contributed by atoms with Gasteiger partial charge >= 0.3 is 0 Å². The summed E-state index contributed by atoms with van der Waals surface area (Å²) in [6.45, 7) is 4.26. The summed E-state index contributed by atoms with van der Waals surface area (Å²) >= 11 is 0. The molecule has 88 valence electrons. The number of aryl methyl sites for hydroxylation is 1. The number of aliphatic hydroxyl groups excluding tert-OH is 1. The molecule has 1 aliphatic carbocycles. The first-order valence-electron chi connectivity index (χ1n) is 6.17. The van der Waals surface area contributed by atoms with E-state index in [9.17, 15) is 5.11 Å². The lowest BCUT2D eigenvalue weighted by atomic mass is 10.0. The van der Waals surface area contributed by atoms with Crippen LogP contribution < -0.4 is 5.32 Å². The third kappa shape index (κ3) is 2.63. The highest BCUT2D eigenvalue weighted by Crippen LogP contribution is 2.22. The second-order valence-electron chi connectivity index (χ2n) is 4.90. The Kier molecular flexibility index (Phi) is 3.62. The fourth-order valence-electron chi connectivity index (χ4n) is 2.41. The molecular weight excluding hydrogens is 198 g/mol. The summed E-state index contributed by atoms with van der Waals surface area (Å²) in [5, 5.41) is 13.3.